The fraction of sp³-hybridized carbons (Fsp3) is 0.417. The summed E-state index contributed by atoms with van der Waals surface area (Å²) < 4.78 is 28.1. The second-order valence-electron chi connectivity index (χ2n) is 7.79. The van der Waals surface area contributed by atoms with Crippen molar-refractivity contribution < 1.29 is 23.4 Å². The quantitative estimate of drug-likeness (QED) is 0.673. The minimum absolute atomic E-state index is 0.0382. The Bertz CT molecular complexity index is 1140. The molecule has 1 atom stereocenters. The molecule has 1 fully saturated rings. The van der Waals surface area contributed by atoms with Crippen molar-refractivity contribution in [1.29, 1.82) is 5.26 Å². The van der Waals surface area contributed by atoms with Crippen molar-refractivity contribution in [2.75, 3.05) is 46.1 Å². The largest absolute Gasteiger partial charge is 0.490 e. The summed E-state index contributed by atoms with van der Waals surface area (Å²) >= 11 is 0. The smallest absolute Gasteiger partial charge is 0.343 e. The number of morpholine rings is 1. The lowest BCUT2D eigenvalue weighted by molar-refractivity contribution is 0.0321. The highest BCUT2D eigenvalue weighted by Crippen LogP contribution is 2.42. The molecule has 0 aliphatic carbocycles. The van der Waals surface area contributed by atoms with Crippen LogP contribution in [0.1, 0.15) is 29.7 Å². The van der Waals surface area contributed by atoms with Crippen molar-refractivity contribution in [3.05, 3.63) is 63.0 Å². The molecule has 1 unspecified atom stereocenters. The average molecular weight is 453 g/mol. The highest BCUT2D eigenvalue weighted by molar-refractivity contribution is 5.57. The molecule has 0 radical (unpaired) electrons. The maximum absolute atomic E-state index is 12.7. The van der Waals surface area contributed by atoms with Gasteiger partial charge in [0.15, 0.2) is 11.5 Å². The molecule has 2 aliphatic heterocycles. The first-order valence-corrected chi connectivity index (χ1v) is 10.9. The number of ether oxygens (including phenoxy) is 4. The molecule has 0 bridgehead atoms. The maximum atomic E-state index is 12.7. The van der Waals surface area contributed by atoms with E-state index in [1.165, 1.54) is 0 Å². The maximum Gasteiger partial charge on any atom is 0.343 e. The minimum atomic E-state index is -0.739. The summed E-state index contributed by atoms with van der Waals surface area (Å²) in [5, 5.41) is 9.76. The van der Waals surface area contributed by atoms with Gasteiger partial charge >= 0.3 is 5.63 Å². The molecule has 174 valence electrons. The standard InChI is InChI=1S/C24H27N3O6/c1-3-30-19-13-16(4-5-18(19)31-11-8-27-6-9-29-10-7-27)21-17(14-25)23(26)33-20-12-15(2)32-24(28)22(20)21/h4-5,12-13,21H,3,6-11,26H2,1-2H3. The van der Waals surface area contributed by atoms with Crippen molar-refractivity contribution in [2.45, 2.75) is 19.8 Å². The van der Waals surface area contributed by atoms with E-state index in [2.05, 4.69) is 11.0 Å². The van der Waals surface area contributed by atoms with Gasteiger partial charge in [-0.1, -0.05) is 6.07 Å². The van der Waals surface area contributed by atoms with Gasteiger partial charge in [-0.25, -0.2) is 4.79 Å². The molecule has 1 saturated heterocycles. The Hall–Kier alpha value is -3.48. The van der Waals surface area contributed by atoms with Gasteiger partial charge in [0.1, 0.15) is 29.8 Å². The van der Waals surface area contributed by atoms with Crippen LogP contribution in [0.2, 0.25) is 0 Å². The number of nitrogens with two attached hydrogens (primary N) is 1. The SMILES string of the molecule is CCOc1cc(C2C(C#N)=C(N)Oc3cc(C)oc(=O)c32)ccc1OCCN1CCOCC1. The van der Waals surface area contributed by atoms with Crippen LogP contribution in [0, 0.1) is 18.3 Å². The van der Waals surface area contributed by atoms with Crippen molar-refractivity contribution in [1.82, 2.24) is 4.90 Å². The lowest BCUT2D eigenvalue weighted by Crippen LogP contribution is -2.38. The molecule has 0 saturated carbocycles. The molecule has 9 nitrogen and oxygen atoms in total. The van der Waals surface area contributed by atoms with Crippen LogP contribution in [0.4, 0.5) is 0 Å². The van der Waals surface area contributed by atoms with Gasteiger partial charge in [-0.15, -0.1) is 0 Å². The Morgan fingerprint density at radius 1 is 1.21 bits per heavy atom. The van der Waals surface area contributed by atoms with Crippen LogP contribution >= 0.6 is 0 Å². The molecule has 0 spiro atoms. The van der Waals surface area contributed by atoms with E-state index in [1.54, 1.807) is 31.2 Å². The second-order valence-corrected chi connectivity index (χ2v) is 7.79. The molecule has 2 aliphatic rings. The molecule has 9 heteroatoms. The van der Waals surface area contributed by atoms with Crippen LogP contribution in [0.25, 0.3) is 0 Å². The van der Waals surface area contributed by atoms with Gasteiger partial charge in [0, 0.05) is 25.7 Å². The van der Waals surface area contributed by atoms with Gasteiger partial charge in [-0.2, -0.15) is 5.26 Å². The van der Waals surface area contributed by atoms with Crippen molar-refractivity contribution in [3.63, 3.8) is 0 Å². The van der Waals surface area contributed by atoms with Gasteiger partial charge < -0.3 is 29.1 Å². The van der Waals surface area contributed by atoms with Crippen LogP contribution in [-0.4, -0.2) is 51.0 Å². The summed E-state index contributed by atoms with van der Waals surface area (Å²) in [6.45, 7) is 8.47. The first-order valence-electron chi connectivity index (χ1n) is 10.9. The van der Waals surface area contributed by atoms with Gasteiger partial charge in [-0.3, -0.25) is 4.90 Å². The van der Waals surface area contributed by atoms with Gasteiger partial charge in [0.05, 0.1) is 31.3 Å². The van der Waals surface area contributed by atoms with E-state index in [4.69, 9.17) is 29.1 Å². The van der Waals surface area contributed by atoms with Crippen LogP contribution < -0.4 is 25.6 Å². The molecule has 2 aromatic rings. The zero-order chi connectivity index (χ0) is 23.4. The zero-order valence-electron chi connectivity index (χ0n) is 18.8. The van der Waals surface area contributed by atoms with E-state index in [-0.39, 0.29) is 22.8 Å². The number of hydrogen-bond donors (Lipinski definition) is 1. The molecule has 1 aromatic heterocycles. The number of fused-ring (bicyclic) bond motifs is 1. The van der Waals surface area contributed by atoms with Crippen LogP contribution in [0.5, 0.6) is 17.2 Å². The number of aryl methyl sites for hydroxylation is 1. The number of rotatable bonds is 7. The molecule has 0 amide bonds. The number of hydrogen-bond acceptors (Lipinski definition) is 9. The van der Waals surface area contributed by atoms with E-state index in [0.29, 0.717) is 36.0 Å². The zero-order valence-corrected chi connectivity index (χ0v) is 18.8. The predicted molar refractivity (Wildman–Crippen MR) is 119 cm³/mol. The lowest BCUT2D eigenvalue weighted by Gasteiger charge is -2.27. The Balaban J connectivity index is 1.65. The average Bonchev–Trinajstić information content (AvgIpc) is 2.80. The molecule has 3 heterocycles. The fourth-order valence-electron chi connectivity index (χ4n) is 4.05. The van der Waals surface area contributed by atoms with E-state index in [0.717, 1.165) is 32.8 Å². The first kappa shape index (κ1) is 22.7. The molecule has 1 aromatic carbocycles. The van der Waals surface area contributed by atoms with Crippen molar-refractivity contribution in [3.8, 4) is 23.3 Å². The van der Waals surface area contributed by atoms with Crippen LogP contribution in [-0.2, 0) is 4.74 Å². The van der Waals surface area contributed by atoms with Crippen molar-refractivity contribution in [2.24, 2.45) is 5.73 Å². The van der Waals surface area contributed by atoms with Crippen molar-refractivity contribution >= 4 is 0 Å². The summed E-state index contributed by atoms with van der Waals surface area (Å²) in [4.78, 5) is 15.0. The number of nitriles is 1. The minimum Gasteiger partial charge on any atom is -0.490 e. The Labute approximate surface area is 191 Å². The molecular formula is C24H27N3O6. The molecular weight excluding hydrogens is 426 g/mol. The summed E-state index contributed by atoms with van der Waals surface area (Å²) in [7, 11) is 0. The molecule has 4 rings (SSSR count). The fourth-order valence-corrected chi connectivity index (χ4v) is 4.05. The van der Waals surface area contributed by atoms with Crippen LogP contribution in [0.3, 0.4) is 0 Å². The summed E-state index contributed by atoms with van der Waals surface area (Å²) in [6.07, 6.45) is 0. The highest BCUT2D eigenvalue weighted by atomic mass is 16.5. The summed E-state index contributed by atoms with van der Waals surface area (Å²) in [6, 6.07) is 9.04. The lowest BCUT2D eigenvalue weighted by atomic mass is 9.84. The van der Waals surface area contributed by atoms with E-state index < -0.39 is 11.5 Å². The number of allylic oxidation sites excluding steroid dienone is 1. The highest BCUT2D eigenvalue weighted by Gasteiger charge is 2.34. The number of nitrogens with zero attached hydrogens (tertiary/aromatic N) is 2. The van der Waals surface area contributed by atoms with Gasteiger partial charge in [-0.05, 0) is 31.5 Å². The number of benzene rings is 1. The second kappa shape index (κ2) is 9.98. The monoisotopic (exact) mass is 453 g/mol. The first-order chi connectivity index (χ1) is 16.0. The third kappa shape index (κ3) is 4.82. The third-order valence-corrected chi connectivity index (χ3v) is 5.63. The van der Waals surface area contributed by atoms with E-state index in [9.17, 15) is 10.1 Å². The predicted octanol–water partition coefficient (Wildman–Crippen LogP) is 2.28. The Morgan fingerprint density at radius 2 is 2.00 bits per heavy atom. The van der Waals surface area contributed by atoms with Crippen LogP contribution in [0.15, 0.2) is 44.9 Å². The molecule has 2 N–H and O–H groups in total. The van der Waals surface area contributed by atoms with Gasteiger partial charge in [0.25, 0.3) is 0 Å². The Morgan fingerprint density at radius 3 is 2.73 bits per heavy atom. The summed E-state index contributed by atoms with van der Waals surface area (Å²) in [5.41, 5.74) is 6.48. The molecule has 33 heavy (non-hydrogen) atoms. The normalized spacial score (nSPS) is 18.3. The van der Waals surface area contributed by atoms with E-state index >= 15 is 0 Å². The van der Waals surface area contributed by atoms with Gasteiger partial charge in [0.2, 0.25) is 5.88 Å². The third-order valence-electron chi connectivity index (χ3n) is 5.63. The summed E-state index contributed by atoms with van der Waals surface area (Å²) in [5.74, 6) is 1.02. The topological polar surface area (TPSA) is 120 Å². The Kier molecular flexibility index (Phi) is 6.87. The van der Waals surface area contributed by atoms with E-state index in [1.807, 2.05) is 6.92 Å².